The molecule has 0 saturated heterocycles. The Hall–Kier alpha value is -1.22. The molecule has 100 valence electrons. The van der Waals surface area contributed by atoms with Crippen LogP contribution in [0.4, 0.5) is 5.69 Å². The quantitative estimate of drug-likeness (QED) is 0.790. The van der Waals surface area contributed by atoms with Crippen LogP contribution in [-0.2, 0) is 4.74 Å². The molecule has 4 heteroatoms. The Kier molecular flexibility index (Phi) is 5.99. The predicted octanol–water partition coefficient (Wildman–Crippen LogP) is 4.12. The van der Waals surface area contributed by atoms with Gasteiger partial charge in [0.05, 0.1) is 12.7 Å². The maximum absolute atomic E-state index is 11.7. The van der Waals surface area contributed by atoms with Gasteiger partial charge in [-0.2, -0.15) is 0 Å². The molecule has 18 heavy (non-hydrogen) atoms. The van der Waals surface area contributed by atoms with E-state index in [-0.39, 0.29) is 5.97 Å². The van der Waals surface area contributed by atoms with Crippen LogP contribution in [0.25, 0.3) is 0 Å². The molecule has 0 radical (unpaired) electrons. The lowest BCUT2D eigenvalue weighted by Gasteiger charge is -2.19. The van der Waals surface area contributed by atoms with Crippen molar-refractivity contribution in [3.05, 3.63) is 28.8 Å². The van der Waals surface area contributed by atoms with E-state index in [2.05, 4.69) is 19.2 Å². The van der Waals surface area contributed by atoms with Gasteiger partial charge in [0.1, 0.15) is 0 Å². The maximum Gasteiger partial charge on any atom is 0.340 e. The Labute approximate surface area is 113 Å². The highest BCUT2D eigenvalue weighted by atomic mass is 35.5. The molecule has 1 aromatic rings. The fraction of sp³-hybridized carbons (Fsp3) is 0.500. The number of hydrogen-bond acceptors (Lipinski definition) is 3. The lowest BCUT2D eigenvalue weighted by Crippen LogP contribution is -2.20. The molecule has 0 bridgehead atoms. The van der Waals surface area contributed by atoms with Crippen molar-refractivity contribution in [2.75, 3.05) is 12.4 Å². The average Bonchev–Trinajstić information content (AvgIpc) is 2.39. The third-order valence-corrected chi connectivity index (χ3v) is 3.11. The highest BCUT2D eigenvalue weighted by Crippen LogP contribution is 2.23. The Morgan fingerprint density at radius 3 is 2.72 bits per heavy atom. The molecular formula is C14H20ClNO2. The van der Waals surface area contributed by atoms with Crippen LogP contribution in [0.5, 0.6) is 0 Å². The summed E-state index contributed by atoms with van der Waals surface area (Å²) < 4.78 is 4.77. The van der Waals surface area contributed by atoms with Gasteiger partial charge in [0.15, 0.2) is 0 Å². The summed E-state index contributed by atoms with van der Waals surface area (Å²) in [6.07, 6.45) is 3.18. The fourth-order valence-electron chi connectivity index (χ4n) is 1.87. The van der Waals surface area contributed by atoms with Crippen LogP contribution in [0.1, 0.15) is 43.5 Å². The molecule has 0 aliphatic carbocycles. The van der Waals surface area contributed by atoms with Gasteiger partial charge in [-0.15, -0.1) is 0 Å². The van der Waals surface area contributed by atoms with Crippen molar-refractivity contribution in [3.63, 3.8) is 0 Å². The summed E-state index contributed by atoms with van der Waals surface area (Å²) in [5.74, 6) is -0.369. The van der Waals surface area contributed by atoms with Crippen molar-refractivity contribution < 1.29 is 9.53 Å². The van der Waals surface area contributed by atoms with E-state index in [9.17, 15) is 4.79 Å². The second-order valence-electron chi connectivity index (χ2n) is 4.22. The normalized spacial score (nSPS) is 12.0. The summed E-state index contributed by atoms with van der Waals surface area (Å²) in [6.45, 7) is 4.27. The summed E-state index contributed by atoms with van der Waals surface area (Å²) in [7, 11) is 1.37. The minimum absolute atomic E-state index is 0.361. The monoisotopic (exact) mass is 269 g/mol. The number of esters is 1. The van der Waals surface area contributed by atoms with Crippen molar-refractivity contribution in [3.8, 4) is 0 Å². The molecule has 1 aromatic carbocycles. The van der Waals surface area contributed by atoms with E-state index in [0.717, 1.165) is 24.9 Å². The van der Waals surface area contributed by atoms with Gasteiger partial charge in [0.2, 0.25) is 0 Å². The molecular weight excluding hydrogens is 250 g/mol. The highest BCUT2D eigenvalue weighted by Gasteiger charge is 2.14. The second-order valence-corrected chi connectivity index (χ2v) is 4.66. The molecule has 3 nitrogen and oxygen atoms in total. The second kappa shape index (κ2) is 7.27. The predicted molar refractivity (Wildman–Crippen MR) is 75.4 cm³/mol. The van der Waals surface area contributed by atoms with Crippen LogP contribution in [0.15, 0.2) is 18.2 Å². The van der Waals surface area contributed by atoms with Crippen LogP contribution in [0, 0.1) is 0 Å². The van der Waals surface area contributed by atoms with Crippen LogP contribution < -0.4 is 5.32 Å². The molecule has 1 atom stereocenters. The van der Waals surface area contributed by atoms with Gasteiger partial charge in [0.25, 0.3) is 0 Å². The SMILES string of the molecule is CCCC(CC)Nc1ccc(Cl)cc1C(=O)OC. The molecule has 0 heterocycles. The molecule has 0 amide bonds. The van der Waals surface area contributed by atoms with Crippen molar-refractivity contribution in [2.45, 2.75) is 39.2 Å². The van der Waals surface area contributed by atoms with Gasteiger partial charge < -0.3 is 10.1 Å². The first-order chi connectivity index (χ1) is 8.62. The smallest absolute Gasteiger partial charge is 0.340 e. The number of halogens is 1. The van der Waals surface area contributed by atoms with Gasteiger partial charge in [-0.3, -0.25) is 0 Å². The Morgan fingerprint density at radius 1 is 1.44 bits per heavy atom. The Bertz CT molecular complexity index is 407. The van der Waals surface area contributed by atoms with Gasteiger partial charge in [-0.25, -0.2) is 4.79 Å². The zero-order valence-corrected chi connectivity index (χ0v) is 11.9. The van der Waals surface area contributed by atoms with E-state index in [4.69, 9.17) is 16.3 Å². The molecule has 1 N–H and O–H groups in total. The molecule has 1 rings (SSSR count). The number of rotatable bonds is 6. The molecule has 0 aliphatic rings. The Morgan fingerprint density at radius 2 is 2.17 bits per heavy atom. The third kappa shape index (κ3) is 3.91. The third-order valence-electron chi connectivity index (χ3n) is 2.88. The molecule has 1 unspecified atom stereocenters. The van der Waals surface area contributed by atoms with Crippen LogP contribution >= 0.6 is 11.6 Å². The van der Waals surface area contributed by atoms with Crippen molar-refractivity contribution in [1.82, 2.24) is 0 Å². The fourth-order valence-corrected chi connectivity index (χ4v) is 2.04. The zero-order chi connectivity index (χ0) is 13.5. The summed E-state index contributed by atoms with van der Waals surface area (Å²) >= 11 is 5.91. The first-order valence-electron chi connectivity index (χ1n) is 6.26. The number of nitrogens with one attached hydrogen (secondary N) is 1. The van der Waals surface area contributed by atoms with Crippen LogP contribution in [-0.4, -0.2) is 19.1 Å². The minimum Gasteiger partial charge on any atom is -0.465 e. The largest absolute Gasteiger partial charge is 0.465 e. The molecule has 0 fully saturated rings. The van der Waals surface area contributed by atoms with Gasteiger partial charge in [0, 0.05) is 16.8 Å². The number of methoxy groups -OCH3 is 1. The van der Waals surface area contributed by atoms with E-state index in [1.54, 1.807) is 12.1 Å². The summed E-state index contributed by atoms with van der Waals surface area (Å²) in [5.41, 5.74) is 1.27. The standard InChI is InChI=1S/C14H20ClNO2/c1-4-6-11(5-2)16-13-8-7-10(15)9-12(13)14(17)18-3/h7-9,11,16H,4-6H2,1-3H3. The topological polar surface area (TPSA) is 38.3 Å². The van der Waals surface area contributed by atoms with E-state index in [0.29, 0.717) is 16.6 Å². The minimum atomic E-state index is -0.369. The van der Waals surface area contributed by atoms with E-state index in [1.807, 2.05) is 6.07 Å². The number of benzene rings is 1. The van der Waals surface area contributed by atoms with E-state index >= 15 is 0 Å². The van der Waals surface area contributed by atoms with Crippen LogP contribution in [0.3, 0.4) is 0 Å². The molecule has 0 aliphatic heterocycles. The molecule has 0 aromatic heterocycles. The highest BCUT2D eigenvalue weighted by molar-refractivity contribution is 6.31. The number of ether oxygens (including phenoxy) is 1. The van der Waals surface area contributed by atoms with E-state index in [1.165, 1.54) is 7.11 Å². The number of carbonyl (C=O) groups excluding carboxylic acids is 1. The van der Waals surface area contributed by atoms with Crippen molar-refractivity contribution >= 4 is 23.3 Å². The lowest BCUT2D eigenvalue weighted by molar-refractivity contribution is 0.0602. The summed E-state index contributed by atoms with van der Waals surface area (Å²) in [6, 6.07) is 5.59. The Balaban J connectivity index is 2.96. The summed E-state index contributed by atoms with van der Waals surface area (Å²) in [5, 5.41) is 3.91. The van der Waals surface area contributed by atoms with E-state index < -0.39 is 0 Å². The number of carbonyl (C=O) groups is 1. The first-order valence-corrected chi connectivity index (χ1v) is 6.64. The number of hydrogen-bond donors (Lipinski definition) is 1. The summed E-state index contributed by atoms with van der Waals surface area (Å²) in [4.78, 5) is 11.7. The number of anilines is 1. The maximum atomic E-state index is 11.7. The van der Waals surface area contributed by atoms with Gasteiger partial charge >= 0.3 is 5.97 Å². The van der Waals surface area contributed by atoms with Gasteiger partial charge in [-0.05, 0) is 31.0 Å². The van der Waals surface area contributed by atoms with Gasteiger partial charge in [-0.1, -0.05) is 31.9 Å². The zero-order valence-electron chi connectivity index (χ0n) is 11.1. The van der Waals surface area contributed by atoms with Crippen molar-refractivity contribution in [1.29, 1.82) is 0 Å². The lowest BCUT2D eigenvalue weighted by atomic mass is 10.1. The molecule has 0 saturated carbocycles. The van der Waals surface area contributed by atoms with Crippen molar-refractivity contribution in [2.24, 2.45) is 0 Å². The van der Waals surface area contributed by atoms with Crippen LogP contribution in [0.2, 0.25) is 5.02 Å². The first kappa shape index (κ1) is 14.8. The average molecular weight is 270 g/mol. The molecule has 0 spiro atoms.